The number of carbonyl (C=O) groups is 3. The van der Waals surface area contributed by atoms with Gasteiger partial charge in [-0.3, -0.25) is 9.59 Å². The summed E-state index contributed by atoms with van der Waals surface area (Å²) in [6.07, 6.45) is 3.08. The molecule has 21 heavy (non-hydrogen) atoms. The van der Waals surface area contributed by atoms with Crippen LogP contribution in [0.1, 0.15) is 36.0 Å². The molecule has 1 saturated carbocycles. The van der Waals surface area contributed by atoms with Crippen molar-refractivity contribution in [2.24, 2.45) is 11.8 Å². The van der Waals surface area contributed by atoms with Crippen molar-refractivity contribution < 1.29 is 23.9 Å². The number of hydrogen-bond acceptors (Lipinski definition) is 3. The molecule has 2 fully saturated rings. The van der Waals surface area contributed by atoms with E-state index in [9.17, 15) is 18.8 Å². The molecule has 6 heteroatoms. The number of fused-ring (bicyclic) bond motifs is 1. The molecule has 2 aliphatic rings. The molecule has 1 aliphatic heterocycles. The summed E-state index contributed by atoms with van der Waals surface area (Å²) in [5, 5.41) is 9.17. The summed E-state index contributed by atoms with van der Waals surface area (Å²) in [7, 11) is 0. The number of anilines is 1. The number of rotatable bonds is 2. The first kappa shape index (κ1) is 13.7. The zero-order valence-corrected chi connectivity index (χ0v) is 11.2. The third-order valence-electron chi connectivity index (χ3n) is 4.27. The Bertz CT molecular complexity index is 619. The molecule has 5 nitrogen and oxygen atoms in total. The second-order valence-electron chi connectivity index (χ2n) is 5.48. The van der Waals surface area contributed by atoms with E-state index in [0.29, 0.717) is 12.8 Å². The number of carbonyl (C=O) groups excluding carboxylic acids is 2. The highest BCUT2D eigenvalue weighted by Gasteiger charge is 2.49. The van der Waals surface area contributed by atoms with Gasteiger partial charge < -0.3 is 5.11 Å². The lowest BCUT2D eigenvalue weighted by atomic mass is 9.81. The van der Waals surface area contributed by atoms with Crippen molar-refractivity contribution in [3.05, 3.63) is 29.6 Å². The molecule has 1 aliphatic carbocycles. The lowest BCUT2D eigenvalue weighted by Gasteiger charge is -2.19. The molecule has 1 aromatic rings. The SMILES string of the molecule is O=C(O)c1cc(F)ccc1N1C(=O)C2CCCCC2C1=O. The normalized spacial score (nSPS) is 25.1. The Balaban J connectivity index is 2.06. The highest BCUT2D eigenvalue weighted by Crippen LogP contribution is 2.40. The molecular formula is C15H14FNO4. The molecule has 2 atom stereocenters. The number of imide groups is 1. The van der Waals surface area contributed by atoms with Crippen molar-refractivity contribution in [3.63, 3.8) is 0 Å². The number of amides is 2. The van der Waals surface area contributed by atoms with Crippen molar-refractivity contribution >= 4 is 23.5 Å². The van der Waals surface area contributed by atoms with Gasteiger partial charge in [-0.05, 0) is 31.0 Å². The van der Waals surface area contributed by atoms with Gasteiger partial charge in [0, 0.05) is 0 Å². The van der Waals surface area contributed by atoms with Gasteiger partial charge in [-0.2, -0.15) is 0 Å². The quantitative estimate of drug-likeness (QED) is 0.848. The molecular weight excluding hydrogens is 277 g/mol. The van der Waals surface area contributed by atoms with Crippen LogP contribution in [-0.2, 0) is 9.59 Å². The summed E-state index contributed by atoms with van der Waals surface area (Å²) >= 11 is 0. The van der Waals surface area contributed by atoms with Gasteiger partial charge >= 0.3 is 5.97 Å². The van der Waals surface area contributed by atoms with E-state index in [1.54, 1.807) is 0 Å². The van der Waals surface area contributed by atoms with Crippen LogP contribution in [0.5, 0.6) is 0 Å². The first-order valence-corrected chi connectivity index (χ1v) is 6.91. The average Bonchev–Trinajstić information content (AvgIpc) is 2.72. The highest BCUT2D eigenvalue weighted by atomic mass is 19.1. The van der Waals surface area contributed by atoms with Crippen LogP contribution in [-0.4, -0.2) is 22.9 Å². The van der Waals surface area contributed by atoms with E-state index < -0.39 is 11.8 Å². The van der Waals surface area contributed by atoms with Crippen molar-refractivity contribution in [1.29, 1.82) is 0 Å². The topological polar surface area (TPSA) is 74.7 Å². The van der Waals surface area contributed by atoms with E-state index in [2.05, 4.69) is 0 Å². The fraction of sp³-hybridized carbons (Fsp3) is 0.400. The summed E-state index contributed by atoms with van der Waals surface area (Å²) in [5.41, 5.74) is -0.399. The molecule has 0 radical (unpaired) electrons. The molecule has 0 spiro atoms. The van der Waals surface area contributed by atoms with E-state index in [4.69, 9.17) is 5.11 Å². The molecule has 110 valence electrons. The van der Waals surface area contributed by atoms with Gasteiger partial charge in [0.25, 0.3) is 0 Å². The molecule has 1 saturated heterocycles. The van der Waals surface area contributed by atoms with Gasteiger partial charge in [-0.15, -0.1) is 0 Å². The Morgan fingerprint density at radius 2 is 1.71 bits per heavy atom. The minimum atomic E-state index is -1.36. The second-order valence-corrected chi connectivity index (χ2v) is 5.48. The maximum Gasteiger partial charge on any atom is 0.337 e. The first-order chi connectivity index (χ1) is 10.0. The Morgan fingerprint density at radius 1 is 1.14 bits per heavy atom. The number of carboxylic acids is 1. The lowest BCUT2D eigenvalue weighted by Crippen LogP contribution is -2.32. The minimum Gasteiger partial charge on any atom is -0.478 e. The standard InChI is InChI=1S/C15H14FNO4/c16-8-5-6-12(11(7-8)15(20)21)17-13(18)9-3-1-2-4-10(9)14(17)19/h5-7,9-10H,1-4H2,(H,20,21). The first-order valence-electron chi connectivity index (χ1n) is 6.91. The van der Waals surface area contributed by atoms with Gasteiger partial charge in [-0.1, -0.05) is 12.8 Å². The van der Waals surface area contributed by atoms with Crippen molar-refractivity contribution in [3.8, 4) is 0 Å². The van der Waals surface area contributed by atoms with Crippen LogP contribution in [0.3, 0.4) is 0 Å². The molecule has 3 rings (SSSR count). The van der Waals surface area contributed by atoms with Crippen LogP contribution in [0.2, 0.25) is 0 Å². The van der Waals surface area contributed by atoms with Gasteiger partial charge in [0.15, 0.2) is 0 Å². The smallest absolute Gasteiger partial charge is 0.337 e. The average molecular weight is 291 g/mol. The fourth-order valence-electron chi connectivity index (χ4n) is 3.27. The molecule has 1 N–H and O–H groups in total. The van der Waals surface area contributed by atoms with Crippen LogP contribution in [0.4, 0.5) is 10.1 Å². The van der Waals surface area contributed by atoms with E-state index in [-0.39, 0.29) is 34.9 Å². The predicted molar refractivity (Wildman–Crippen MR) is 71.3 cm³/mol. The van der Waals surface area contributed by atoms with Gasteiger partial charge in [0.2, 0.25) is 11.8 Å². The zero-order valence-electron chi connectivity index (χ0n) is 11.2. The number of halogens is 1. The third-order valence-corrected chi connectivity index (χ3v) is 4.27. The summed E-state index contributed by atoms with van der Waals surface area (Å²) in [5.74, 6) is -3.53. The molecule has 2 amide bonds. The van der Waals surface area contributed by atoms with Crippen LogP contribution in [0, 0.1) is 17.7 Å². The maximum atomic E-state index is 13.2. The number of carboxylic acid groups (broad SMARTS) is 1. The molecule has 1 heterocycles. The number of benzene rings is 1. The molecule has 1 aromatic carbocycles. The second kappa shape index (κ2) is 4.95. The zero-order chi connectivity index (χ0) is 15.1. The molecule has 0 aromatic heterocycles. The highest BCUT2D eigenvalue weighted by molar-refractivity contribution is 6.23. The largest absolute Gasteiger partial charge is 0.478 e. The van der Waals surface area contributed by atoms with Crippen molar-refractivity contribution in [2.75, 3.05) is 4.90 Å². The van der Waals surface area contributed by atoms with Crippen LogP contribution in [0.25, 0.3) is 0 Å². The van der Waals surface area contributed by atoms with E-state index in [1.807, 2.05) is 0 Å². The Kier molecular flexibility index (Phi) is 3.23. The summed E-state index contributed by atoms with van der Waals surface area (Å²) in [6, 6.07) is 3.08. The van der Waals surface area contributed by atoms with Gasteiger partial charge in [0.05, 0.1) is 23.1 Å². The fourth-order valence-corrected chi connectivity index (χ4v) is 3.27. The molecule has 2 unspecified atom stereocenters. The Labute approximate surface area is 120 Å². The van der Waals surface area contributed by atoms with Crippen LogP contribution < -0.4 is 4.90 Å². The number of aromatic carboxylic acids is 1. The molecule has 0 bridgehead atoms. The van der Waals surface area contributed by atoms with Crippen LogP contribution in [0.15, 0.2) is 18.2 Å². The van der Waals surface area contributed by atoms with E-state index in [1.165, 1.54) is 6.07 Å². The van der Waals surface area contributed by atoms with E-state index >= 15 is 0 Å². The Hall–Kier alpha value is -2.24. The van der Waals surface area contributed by atoms with Crippen LogP contribution >= 0.6 is 0 Å². The third kappa shape index (κ3) is 2.11. The number of hydrogen-bond donors (Lipinski definition) is 1. The predicted octanol–water partition coefficient (Wildman–Crippen LogP) is 2.20. The monoisotopic (exact) mass is 291 g/mol. The van der Waals surface area contributed by atoms with Crippen molar-refractivity contribution in [2.45, 2.75) is 25.7 Å². The summed E-state index contributed by atoms with van der Waals surface area (Å²) < 4.78 is 13.2. The van der Waals surface area contributed by atoms with Crippen molar-refractivity contribution in [1.82, 2.24) is 0 Å². The van der Waals surface area contributed by atoms with Gasteiger partial charge in [-0.25, -0.2) is 14.1 Å². The summed E-state index contributed by atoms with van der Waals surface area (Å²) in [4.78, 5) is 37.0. The minimum absolute atomic E-state index is 0.0340. The maximum absolute atomic E-state index is 13.2. The Morgan fingerprint density at radius 3 is 2.24 bits per heavy atom. The number of nitrogens with zero attached hydrogens (tertiary/aromatic N) is 1. The summed E-state index contributed by atoms with van der Waals surface area (Å²) in [6.45, 7) is 0. The van der Waals surface area contributed by atoms with E-state index in [0.717, 1.165) is 29.9 Å². The van der Waals surface area contributed by atoms with Gasteiger partial charge in [0.1, 0.15) is 5.82 Å². The lowest BCUT2D eigenvalue weighted by molar-refractivity contribution is -0.122.